The molecule has 18 heavy (non-hydrogen) atoms. The van der Waals surface area contributed by atoms with E-state index in [1.54, 1.807) is 0 Å². The monoisotopic (exact) mass is 253 g/mol. The van der Waals surface area contributed by atoms with Gasteiger partial charge in [-0.05, 0) is 12.8 Å². The van der Waals surface area contributed by atoms with Crippen LogP contribution in [0.15, 0.2) is 4.42 Å². The molecule has 0 spiro atoms. The van der Waals surface area contributed by atoms with Crippen molar-refractivity contribution in [1.82, 2.24) is 4.98 Å². The number of aromatic carboxylic acids is 2. The normalized spacial score (nSPS) is 18.5. The second-order valence-corrected chi connectivity index (χ2v) is 4.93. The van der Waals surface area contributed by atoms with Crippen molar-refractivity contribution in [2.24, 2.45) is 0 Å². The van der Waals surface area contributed by atoms with Crippen molar-refractivity contribution in [1.29, 1.82) is 0 Å². The van der Waals surface area contributed by atoms with Crippen LogP contribution < -0.4 is 0 Å². The molecule has 98 valence electrons. The first-order chi connectivity index (χ1) is 8.44. The first-order valence-electron chi connectivity index (χ1n) is 5.92. The summed E-state index contributed by atoms with van der Waals surface area (Å²) in [6.07, 6.45) is 4.85. The van der Waals surface area contributed by atoms with Gasteiger partial charge in [0.1, 0.15) is 0 Å². The average Bonchev–Trinajstić information content (AvgIpc) is 2.75. The Morgan fingerprint density at radius 3 is 2.22 bits per heavy atom. The Labute approximate surface area is 104 Å². The van der Waals surface area contributed by atoms with Gasteiger partial charge in [0.2, 0.25) is 17.3 Å². The number of rotatable bonds is 3. The molecule has 0 saturated heterocycles. The maximum atomic E-state index is 10.9. The van der Waals surface area contributed by atoms with Gasteiger partial charge in [0.05, 0.1) is 0 Å². The van der Waals surface area contributed by atoms with Gasteiger partial charge in [-0.2, -0.15) is 0 Å². The Balaban J connectivity index is 2.43. The van der Waals surface area contributed by atoms with Crippen LogP contribution in [0.2, 0.25) is 0 Å². The van der Waals surface area contributed by atoms with Crippen molar-refractivity contribution in [3.63, 3.8) is 0 Å². The minimum absolute atomic E-state index is 0.233. The summed E-state index contributed by atoms with van der Waals surface area (Å²) in [5.41, 5.74) is -0.861. The SMILES string of the molecule is CC1(c2nc(C(=O)O)c(C(=O)O)o2)CCCCC1. The minimum Gasteiger partial charge on any atom is -0.476 e. The molecule has 0 aromatic carbocycles. The lowest BCUT2D eigenvalue weighted by Gasteiger charge is -2.30. The molecular formula is C12H15NO5. The van der Waals surface area contributed by atoms with E-state index in [-0.39, 0.29) is 11.3 Å². The summed E-state index contributed by atoms with van der Waals surface area (Å²) in [5.74, 6) is -3.12. The molecule has 1 saturated carbocycles. The van der Waals surface area contributed by atoms with Crippen LogP contribution in [0.1, 0.15) is 66.0 Å². The minimum atomic E-state index is -1.40. The molecule has 2 N–H and O–H groups in total. The summed E-state index contributed by atoms with van der Waals surface area (Å²) in [4.78, 5) is 25.7. The van der Waals surface area contributed by atoms with E-state index in [2.05, 4.69) is 4.98 Å². The van der Waals surface area contributed by atoms with E-state index in [1.807, 2.05) is 6.92 Å². The highest BCUT2D eigenvalue weighted by atomic mass is 16.4. The number of nitrogens with zero attached hydrogens (tertiary/aromatic N) is 1. The zero-order valence-corrected chi connectivity index (χ0v) is 10.1. The molecular weight excluding hydrogens is 238 g/mol. The lowest BCUT2D eigenvalue weighted by molar-refractivity contribution is 0.0621. The Bertz CT molecular complexity index is 453. The molecule has 0 atom stereocenters. The van der Waals surface area contributed by atoms with Gasteiger partial charge in [0.15, 0.2) is 0 Å². The fraction of sp³-hybridized carbons (Fsp3) is 0.583. The Morgan fingerprint density at radius 2 is 1.78 bits per heavy atom. The topological polar surface area (TPSA) is 101 Å². The van der Waals surface area contributed by atoms with E-state index in [0.717, 1.165) is 32.1 Å². The molecule has 1 aliphatic carbocycles. The molecule has 6 heteroatoms. The van der Waals surface area contributed by atoms with Crippen LogP contribution in [0.25, 0.3) is 0 Å². The van der Waals surface area contributed by atoms with Gasteiger partial charge in [-0.1, -0.05) is 26.2 Å². The van der Waals surface area contributed by atoms with Gasteiger partial charge in [-0.3, -0.25) is 0 Å². The molecule has 1 aliphatic rings. The van der Waals surface area contributed by atoms with Crippen LogP contribution in [-0.2, 0) is 5.41 Å². The summed E-state index contributed by atoms with van der Waals surface area (Å²) in [7, 11) is 0. The van der Waals surface area contributed by atoms with Crippen molar-refractivity contribution in [2.75, 3.05) is 0 Å². The smallest absolute Gasteiger partial charge is 0.374 e. The van der Waals surface area contributed by atoms with Crippen LogP contribution in [0, 0.1) is 0 Å². The number of carboxylic acids is 2. The molecule has 0 amide bonds. The highest BCUT2D eigenvalue weighted by molar-refractivity contribution is 5.98. The highest BCUT2D eigenvalue weighted by Gasteiger charge is 2.37. The maximum Gasteiger partial charge on any atom is 0.374 e. The summed E-state index contributed by atoms with van der Waals surface area (Å²) >= 11 is 0. The molecule has 1 heterocycles. The number of carboxylic acid groups (broad SMARTS) is 2. The van der Waals surface area contributed by atoms with Gasteiger partial charge < -0.3 is 14.6 Å². The zero-order chi connectivity index (χ0) is 13.3. The second-order valence-electron chi connectivity index (χ2n) is 4.93. The third kappa shape index (κ3) is 2.10. The maximum absolute atomic E-state index is 10.9. The summed E-state index contributed by atoms with van der Waals surface area (Å²) in [6, 6.07) is 0. The quantitative estimate of drug-likeness (QED) is 0.857. The zero-order valence-electron chi connectivity index (χ0n) is 10.1. The highest BCUT2D eigenvalue weighted by Crippen LogP contribution is 2.39. The molecule has 0 bridgehead atoms. The molecule has 0 radical (unpaired) electrons. The Kier molecular flexibility index (Phi) is 3.11. The molecule has 1 aromatic heterocycles. The van der Waals surface area contributed by atoms with E-state index < -0.39 is 23.4 Å². The first-order valence-corrected chi connectivity index (χ1v) is 5.92. The number of carbonyl (C=O) groups is 2. The predicted molar refractivity (Wildman–Crippen MR) is 60.9 cm³/mol. The van der Waals surface area contributed by atoms with Gasteiger partial charge >= 0.3 is 11.9 Å². The number of aromatic nitrogens is 1. The van der Waals surface area contributed by atoms with E-state index >= 15 is 0 Å². The third-order valence-corrected chi connectivity index (χ3v) is 3.50. The molecule has 2 rings (SSSR count). The van der Waals surface area contributed by atoms with Crippen molar-refractivity contribution >= 4 is 11.9 Å². The fourth-order valence-electron chi connectivity index (χ4n) is 2.41. The lowest BCUT2D eigenvalue weighted by Crippen LogP contribution is -2.25. The Hall–Kier alpha value is -1.85. The summed E-state index contributed by atoms with van der Waals surface area (Å²) < 4.78 is 5.19. The second kappa shape index (κ2) is 4.44. The average molecular weight is 253 g/mol. The largest absolute Gasteiger partial charge is 0.476 e. The Morgan fingerprint density at radius 1 is 1.17 bits per heavy atom. The number of oxazole rings is 1. The fourth-order valence-corrected chi connectivity index (χ4v) is 2.41. The van der Waals surface area contributed by atoms with E-state index in [0.29, 0.717) is 0 Å². The van der Waals surface area contributed by atoms with Gasteiger partial charge in [0.25, 0.3) is 0 Å². The third-order valence-electron chi connectivity index (χ3n) is 3.50. The van der Waals surface area contributed by atoms with Crippen LogP contribution in [-0.4, -0.2) is 27.1 Å². The van der Waals surface area contributed by atoms with Crippen LogP contribution in [0.4, 0.5) is 0 Å². The molecule has 1 fully saturated rings. The molecule has 1 aromatic rings. The first kappa shape index (κ1) is 12.6. The van der Waals surface area contributed by atoms with Crippen LogP contribution in [0.5, 0.6) is 0 Å². The van der Waals surface area contributed by atoms with E-state index in [9.17, 15) is 9.59 Å². The van der Waals surface area contributed by atoms with Gasteiger partial charge in [-0.25, -0.2) is 14.6 Å². The summed E-state index contributed by atoms with van der Waals surface area (Å²) in [5, 5.41) is 17.8. The van der Waals surface area contributed by atoms with Crippen LogP contribution in [0.3, 0.4) is 0 Å². The lowest BCUT2D eigenvalue weighted by atomic mass is 9.76. The number of hydrogen-bond acceptors (Lipinski definition) is 4. The molecule has 0 unspecified atom stereocenters. The van der Waals surface area contributed by atoms with Gasteiger partial charge in [0, 0.05) is 5.41 Å². The van der Waals surface area contributed by atoms with Crippen molar-refractivity contribution in [3.05, 3.63) is 17.3 Å². The molecule has 0 aliphatic heterocycles. The van der Waals surface area contributed by atoms with Crippen molar-refractivity contribution in [3.8, 4) is 0 Å². The van der Waals surface area contributed by atoms with Crippen molar-refractivity contribution in [2.45, 2.75) is 44.4 Å². The summed E-state index contributed by atoms with van der Waals surface area (Å²) in [6.45, 7) is 1.94. The molecule has 6 nitrogen and oxygen atoms in total. The predicted octanol–water partition coefficient (Wildman–Crippen LogP) is 2.29. The van der Waals surface area contributed by atoms with Gasteiger partial charge in [-0.15, -0.1) is 0 Å². The van der Waals surface area contributed by atoms with Crippen molar-refractivity contribution < 1.29 is 24.2 Å². The number of hydrogen-bond donors (Lipinski definition) is 2. The van der Waals surface area contributed by atoms with Crippen LogP contribution >= 0.6 is 0 Å². The standard InChI is InChI=1S/C12H15NO5/c1-12(5-3-2-4-6-12)11-13-7(9(14)15)8(18-11)10(16)17/h2-6H2,1H3,(H,14,15)(H,16,17). The van der Waals surface area contributed by atoms with E-state index in [4.69, 9.17) is 14.6 Å². The van der Waals surface area contributed by atoms with E-state index in [1.165, 1.54) is 0 Å².